The van der Waals surface area contributed by atoms with Crippen molar-refractivity contribution in [2.75, 3.05) is 20.3 Å². The van der Waals surface area contributed by atoms with Crippen LogP contribution in [0.3, 0.4) is 0 Å². The van der Waals surface area contributed by atoms with E-state index in [1.807, 2.05) is 30.3 Å². The first kappa shape index (κ1) is 50.4. The molecule has 0 bridgehead atoms. The molecule has 2 aromatic carbocycles. The molecule has 0 heterocycles. The number of Topliss-reactive ketones (excluding diaryl/α,β-unsaturated/α-hetero) is 1. The largest absolute Gasteiger partial charge is 0.490 e. The minimum atomic E-state index is -0.936. The molecule has 0 saturated heterocycles. The van der Waals surface area contributed by atoms with Crippen molar-refractivity contribution in [3.8, 4) is 5.75 Å². The van der Waals surface area contributed by atoms with Gasteiger partial charge in [0.25, 0.3) is 0 Å². The number of rotatable bonds is 22. The van der Waals surface area contributed by atoms with Crippen LogP contribution in [0.4, 0.5) is 9.59 Å². The molecule has 0 aromatic heterocycles. The second kappa shape index (κ2) is 25.7. The number of esters is 1. The van der Waals surface area contributed by atoms with Crippen LogP contribution in [-0.4, -0.2) is 85.3 Å². The number of carbonyl (C=O) groups is 6. The van der Waals surface area contributed by atoms with Crippen molar-refractivity contribution < 1.29 is 47.7 Å². The van der Waals surface area contributed by atoms with Gasteiger partial charge in [-0.2, -0.15) is 0 Å². The Bertz CT molecular complexity index is 1700. The van der Waals surface area contributed by atoms with E-state index in [0.717, 1.165) is 24.0 Å². The Labute approximate surface area is 354 Å². The third-order valence-corrected chi connectivity index (χ3v) is 8.64. The van der Waals surface area contributed by atoms with Gasteiger partial charge in [-0.25, -0.2) is 14.4 Å². The first-order chi connectivity index (χ1) is 28.3. The molecule has 3 atom stereocenters. The molecule has 330 valence electrons. The van der Waals surface area contributed by atoms with E-state index >= 15 is 0 Å². The molecule has 0 radical (unpaired) electrons. The minimum Gasteiger partial charge on any atom is -0.490 e. The highest BCUT2D eigenvalue weighted by atomic mass is 16.6. The number of guanidine groups is 1. The van der Waals surface area contributed by atoms with Crippen LogP contribution in [0.25, 0.3) is 0 Å². The molecule has 0 aliphatic carbocycles. The van der Waals surface area contributed by atoms with Crippen molar-refractivity contribution in [3.05, 3.63) is 78.4 Å². The van der Waals surface area contributed by atoms with Crippen LogP contribution in [0, 0.1) is 5.92 Å². The van der Waals surface area contributed by atoms with Gasteiger partial charge in [0.2, 0.25) is 17.8 Å². The fourth-order valence-corrected chi connectivity index (χ4v) is 5.92. The molecule has 2 aromatic rings. The predicted molar refractivity (Wildman–Crippen MR) is 229 cm³/mol. The number of aryl methyl sites for hydroxylation is 1. The number of carbonyl (C=O) groups excluding carboxylic acids is 6. The van der Waals surface area contributed by atoms with Crippen LogP contribution in [0.2, 0.25) is 0 Å². The highest BCUT2D eigenvalue weighted by Crippen LogP contribution is 2.20. The van der Waals surface area contributed by atoms with Crippen LogP contribution in [0.1, 0.15) is 105 Å². The summed E-state index contributed by atoms with van der Waals surface area (Å²) in [6, 6.07) is 15.2. The number of hydrogen-bond acceptors (Lipinski definition) is 11. The average molecular weight is 836 g/mol. The first-order valence-corrected chi connectivity index (χ1v) is 20.4. The van der Waals surface area contributed by atoms with E-state index in [4.69, 9.17) is 18.9 Å². The number of benzene rings is 2. The number of ether oxygens (including phenoxy) is 4. The topological polar surface area (TPSA) is 200 Å². The summed E-state index contributed by atoms with van der Waals surface area (Å²) >= 11 is 0. The van der Waals surface area contributed by atoms with E-state index in [-0.39, 0.29) is 37.6 Å². The number of alkyl carbamates (subject to hydrolysis) is 2. The van der Waals surface area contributed by atoms with Crippen molar-refractivity contribution >= 4 is 41.7 Å². The van der Waals surface area contributed by atoms with Gasteiger partial charge in [0, 0.05) is 25.8 Å². The molecule has 4 N–H and O–H groups in total. The quantitative estimate of drug-likeness (QED) is 0.0253. The zero-order valence-electron chi connectivity index (χ0n) is 36.5. The number of unbranched alkanes of at least 4 members (excludes halogenated alkanes) is 2. The maximum Gasteiger partial charge on any atom is 0.414 e. The number of ketones is 1. The van der Waals surface area contributed by atoms with Crippen LogP contribution < -0.4 is 26.0 Å². The first-order valence-electron chi connectivity index (χ1n) is 20.4. The number of amides is 4. The fourth-order valence-electron chi connectivity index (χ4n) is 5.92. The Morgan fingerprint density at radius 2 is 1.35 bits per heavy atom. The second-order valence-corrected chi connectivity index (χ2v) is 16.4. The SMILES string of the molecule is C=CCOc1ccc(C[C@H](NC(C)=O)C(=O)C[C@@H](CCCCN=C(NC(=O)OC(C)(C)C)NC(=O)OC(C)(C)C)C(=O)N[C@@H](CCCCc2ccccc2)C(=O)OC)cc1. The summed E-state index contributed by atoms with van der Waals surface area (Å²) in [4.78, 5) is 82.5. The Balaban J connectivity index is 2.28. The molecule has 2 rings (SSSR count). The molecule has 0 spiro atoms. The lowest BCUT2D eigenvalue weighted by Crippen LogP contribution is -2.47. The van der Waals surface area contributed by atoms with Crippen LogP contribution in [-0.2, 0) is 46.2 Å². The van der Waals surface area contributed by atoms with Crippen molar-refractivity contribution in [2.24, 2.45) is 10.9 Å². The van der Waals surface area contributed by atoms with Crippen molar-refractivity contribution in [1.82, 2.24) is 21.3 Å². The summed E-state index contributed by atoms with van der Waals surface area (Å²) in [5.41, 5.74) is 0.307. The zero-order valence-corrected chi connectivity index (χ0v) is 36.5. The number of aliphatic imine (C=N–C) groups is 1. The molecule has 15 nitrogen and oxygen atoms in total. The molecular weight excluding hydrogens is 771 g/mol. The van der Waals surface area contributed by atoms with Gasteiger partial charge in [-0.1, -0.05) is 68.0 Å². The highest BCUT2D eigenvalue weighted by Gasteiger charge is 2.30. The summed E-state index contributed by atoms with van der Waals surface area (Å²) < 4.78 is 21.2. The third kappa shape index (κ3) is 21.9. The Kier molecular flexibility index (Phi) is 21.6. The lowest BCUT2D eigenvalue weighted by Gasteiger charge is -2.23. The van der Waals surface area contributed by atoms with E-state index in [1.165, 1.54) is 14.0 Å². The molecule has 4 amide bonds. The fraction of sp³-hybridized carbons (Fsp3) is 0.533. The number of nitrogens with one attached hydrogen (secondary N) is 4. The van der Waals surface area contributed by atoms with Crippen molar-refractivity contribution in [1.29, 1.82) is 0 Å². The molecule has 0 aliphatic rings. The standard InChI is InChI=1S/C45H65N5O10/c1-10-28-58-35-25-23-33(24-26-35)29-37(47-31(2)51)38(52)30-34(39(53)48-36(40(54)57-9)22-15-14-20-32-18-12-11-13-19-32)21-16-17-27-46-41(49-42(55)59-44(3,4)5)50-43(56)60-45(6,7)8/h10-13,18-19,23-26,34,36-37H,1,14-17,20-22,27-30H2,2-9H3,(H,47,51)(H,48,53)(H2,46,49,50,55,56)/t34-,36+,37+/m1/s1. The molecular formula is C45H65N5O10. The van der Waals surface area contributed by atoms with Crippen molar-refractivity contribution in [2.45, 2.75) is 130 Å². The molecule has 15 heteroatoms. The van der Waals surface area contributed by atoms with Gasteiger partial charge >= 0.3 is 18.2 Å². The normalized spacial score (nSPS) is 12.7. The predicted octanol–water partition coefficient (Wildman–Crippen LogP) is 6.52. The van der Waals surface area contributed by atoms with E-state index < -0.39 is 59.2 Å². The summed E-state index contributed by atoms with van der Waals surface area (Å²) in [7, 11) is 1.26. The molecule has 60 heavy (non-hydrogen) atoms. The summed E-state index contributed by atoms with van der Waals surface area (Å²) in [5, 5.41) is 10.5. The van der Waals surface area contributed by atoms with Crippen molar-refractivity contribution in [3.63, 3.8) is 0 Å². The smallest absolute Gasteiger partial charge is 0.414 e. The van der Waals surface area contributed by atoms with Crippen LogP contribution in [0.15, 0.2) is 72.2 Å². The maximum absolute atomic E-state index is 14.0. The summed E-state index contributed by atoms with van der Waals surface area (Å²) in [6.45, 7) is 15.6. The van der Waals surface area contributed by atoms with Gasteiger partial charge in [0.1, 0.15) is 29.6 Å². The van der Waals surface area contributed by atoms with E-state index in [9.17, 15) is 28.8 Å². The number of methoxy groups -OCH3 is 1. The van der Waals surface area contributed by atoms with Gasteiger partial charge < -0.3 is 29.6 Å². The monoisotopic (exact) mass is 835 g/mol. The Hall–Kier alpha value is -5.73. The van der Waals surface area contributed by atoms with E-state index in [2.05, 4.69) is 32.8 Å². The molecule has 0 unspecified atom stereocenters. The minimum absolute atomic E-state index is 0.108. The lowest BCUT2D eigenvalue weighted by molar-refractivity contribution is -0.146. The van der Waals surface area contributed by atoms with Gasteiger partial charge in [0.15, 0.2) is 5.78 Å². The van der Waals surface area contributed by atoms with Crippen LogP contribution in [0.5, 0.6) is 5.75 Å². The van der Waals surface area contributed by atoms with E-state index in [1.54, 1.807) is 71.9 Å². The lowest BCUT2D eigenvalue weighted by atomic mass is 9.90. The third-order valence-electron chi connectivity index (χ3n) is 8.64. The Morgan fingerprint density at radius 1 is 0.750 bits per heavy atom. The second-order valence-electron chi connectivity index (χ2n) is 16.4. The van der Waals surface area contributed by atoms with E-state index in [0.29, 0.717) is 38.0 Å². The summed E-state index contributed by atoms with van der Waals surface area (Å²) in [6.07, 6.45) is 3.44. The molecule has 0 fully saturated rings. The van der Waals surface area contributed by atoms with Gasteiger partial charge in [-0.05, 0) is 103 Å². The molecule has 0 saturated carbocycles. The summed E-state index contributed by atoms with van der Waals surface area (Å²) in [5.74, 6) is -2.32. The average Bonchev–Trinajstić information content (AvgIpc) is 3.16. The van der Waals surface area contributed by atoms with Gasteiger partial charge in [-0.15, -0.1) is 0 Å². The number of hydrogen-bond donors (Lipinski definition) is 4. The van der Waals surface area contributed by atoms with Gasteiger partial charge in [0.05, 0.1) is 13.2 Å². The zero-order chi connectivity index (χ0) is 44.7. The Morgan fingerprint density at radius 3 is 1.90 bits per heavy atom. The maximum atomic E-state index is 14.0. The molecule has 0 aliphatic heterocycles. The van der Waals surface area contributed by atoms with Crippen LogP contribution >= 0.6 is 0 Å². The van der Waals surface area contributed by atoms with Gasteiger partial charge in [-0.3, -0.25) is 30.0 Å². The number of nitrogens with zero attached hydrogens (tertiary/aromatic N) is 1. The highest BCUT2D eigenvalue weighted by molar-refractivity contribution is 6.01.